The van der Waals surface area contributed by atoms with Crippen LogP contribution in [0.15, 0.2) is 12.2 Å². The van der Waals surface area contributed by atoms with E-state index in [-0.39, 0.29) is 24.7 Å². The van der Waals surface area contributed by atoms with E-state index in [1.165, 1.54) is 0 Å². The van der Waals surface area contributed by atoms with Crippen LogP contribution in [0.25, 0.3) is 0 Å². The summed E-state index contributed by atoms with van der Waals surface area (Å²) >= 11 is 0. The van der Waals surface area contributed by atoms with E-state index in [4.69, 9.17) is 9.47 Å². The molecule has 4 saturated carbocycles. The molecule has 0 amide bonds. The second-order valence-corrected chi connectivity index (χ2v) is 13.0. The van der Waals surface area contributed by atoms with E-state index >= 15 is 0 Å². The molecule has 1 aliphatic heterocycles. The highest BCUT2D eigenvalue weighted by molar-refractivity contribution is 5.34. The molecule has 0 aromatic carbocycles. The fourth-order valence-corrected chi connectivity index (χ4v) is 8.90. The van der Waals surface area contributed by atoms with Gasteiger partial charge < -0.3 is 55.4 Å². The summed E-state index contributed by atoms with van der Waals surface area (Å²) in [5.41, 5.74) is -4.90. The molecule has 11 nitrogen and oxygen atoms in total. The van der Waals surface area contributed by atoms with Gasteiger partial charge in [0.2, 0.25) is 0 Å². The van der Waals surface area contributed by atoms with Gasteiger partial charge in [0.05, 0.1) is 36.6 Å². The molecule has 9 N–H and O–H groups in total. The quantitative estimate of drug-likeness (QED) is 0.179. The van der Waals surface area contributed by atoms with E-state index < -0.39 is 89.7 Å². The van der Waals surface area contributed by atoms with Crippen molar-refractivity contribution in [2.24, 2.45) is 28.6 Å². The predicted octanol–water partition coefficient (Wildman–Crippen LogP) is -2.23. The van der Waals surface area contributed by atoms with Gasteiger partial charge in [-0.3, -0.25) is 0 Å². The zero-order valence-electron chi connectivity index (χ0n) is 21.5. The SMILES string of the molecule is C=C1C2CCC3C(O)C2(CC(O)C2(O)C1C(O)C(OC1OC(CO)C(O)C(O)C1O)C2(C)C)CC3(C)O. The van der Waals surface area contributed by atoms with Crippen LogP contribution < -0.4 is 0 Å². The molecule has 0 aromatic heterocycles. The Labute approximate surface area is 216 Å². The third-order valence-corrected chi connectivity index (χ3v) is 10.8. The molecule has 1 spiro atoms. The number of ether oxygens (including phenoxy) is 2. The number of hydrogen-bond acceptors (Lipinski definition) is 11. The Bertz CT molecular complexity index is 922. The Hall–Kier alpha value is -0.700. The standard InChI is InChI=1S/C26H42O11/c1-10-11-5-6-12-20(33)25(11,9-24(12,4)34)7-14(28)26(35)15(10)17(30)21(23(26,2)3)37-22-19(32)18(31)16(29)13(8-27)36-22/h11-22,27-35H,1,5-9H2,2-4H3. The first kappa shape index (κ1) is 27.9. The largest absolute Gasteiger partial charge is 0.394 e. The van der Waals surface area contributed by atoms with Gasteiger partial charge in [0, 0.05) is 22.7 Å². The Morgan fingerprint density at radius 2 is 1.59 bits per heavy atom. The average Bonchev–Trinajstić information content (AvgIpc) is 2.99. The number of rotatable bonds is 3. The Morgan fingerprint density at radius 3 is 2.22 bits per heavy atom. The van der Waals surface area contributed by atoms with Gasteiger partial charge in [0.15, 0.2) is 6.29 Å². The van der Waals surface area contributed by atoms with Crippen molar-refractivity contribution in [2.75, 3.05) is 6.61 Å². The number of fused-ring (bicyclic) bond motifs is 2. The maximum atomic E-state index is 12.2. The second-order valence-electron chi connectivity index (χ2n) is 13.0. The van der Waals surface area contributed by atoms with E-state index in [1.807, 2.05) is 0 Å². The van der Waals surface area contributed by atoms with Gasteiger partial charge in [-0.15, -0.1) is 0 Å². The van der Waals surface area contributed by atoms with Crippen molar-refractivity contribution in [3.05, 3.63) is 12.2 Å². The van der Waals surface area contributed by atoms with Crippen molar-refractivity contribution >= 4 is 0 Å². The van der Waals surface area contributed by atoms with Gasteiger partial charge in [0.25, 0.3) is 0 Å². The molecule has 4 aliphatic carbocycles. The lowest BCUT2D eigenvalue weighted by atomic mass is 9.61. The van der Waals surface area contributed by atoms with Crippen molar-refractivity contribution in [1.82, 2.24) is 0 Å². The van der Waals surface area contributed by atoms with E-state index in [0.29, 0.717) is 18.4 Å². The van der Waals surface area contributed by atoms with E-state index in [2.05, 4.69) is 6.58 Å². The van der Waals surface area contributed by atoms with Crippen molar-refractivity contribution in [3.8, 4) is 0 Å². The molecular formula is C26H42O11. The van der Waals surface area contributed by atoms with Gasteiger partial charge >= 0.3 is 0 Å². The van der Waals surface area contributed by atoms with Crippen molar-refractivity contribution in [3.63, 3.8) is 0 Å². The van der Waals surface area contributed by atoms with Crippen LogP contribution in [0.4, 0.5) is 0 Å². The molecule has 15 unspecified atom stereocenters. The molecule has 212 valence electrons. The molecule has 37 heavy (non-hydrogen) atoms. The molecule has 5 fully saturated rings. The third-order valence-electron chi connectivity index (χ3n) is 10.8. The van der Waals surface area contributed by atoms with Gasteiger partial charge in [-0.1, -0.05) is 26.0 Å². The smallest absolute Gasteiger partial charge is 0.187 e. The van der Waals surface area contributed by atoms with Crippen LogP contribution >= 0.6 is 0 Å². The molecule has 1 saturated heterocycles. The fraction of sp³-hybridized carbons (Fsp3) is 0.923. The molecule has 0 aromatic rings. The Balaban J connectivity index is 1.50. The minimum atomic E-state index is -1.96. The van der Waals surface area contributed by atoms with Gasteiger partial charge in [-0.25, -0.2) is 0 Å². The lowest BCUT2D eigenvalue weighted by Gasteiger charge is -2.47. The summed E-state index contributed by atoms with van der Waals surface area (Å²) in [5, 5.41) is 98.2. The highest BCUT2D eigenvalue weighted by Gasteiger charge is 2.75. The maximum Gasteiger partial charge on any atom is 0.187 e. The van der Waals surface area contributed by atoms with Crippen molar-refractivity contribution in [2.45, 2.75) is 113 Å². The first-order chi connectivity index (χ1) is 17.1. The van der Waals surface area contributed by atoms with E-state index in [0.717, 1.165) is 0 Å². The first-order valence-electron chi connectivity index (χ1n) is 13.2. The molecule has 15 atom stereocenters. The van der Waals surface area contributed by atoms with Crippen LogP contribution in [0.1, 0.15) is 46.5 Å². The van der Waals surface area contributed by atoms with Gasteiger partial charge in [0.1, 0.15) is 30.0 Å². The minimum absolute atomic E-state index is 0.0135. The topological polar surface area (TPSA) is 201 Å². The summed E-state index contributed by atoms with van der Waals surface area (Å²) in [6.45, 7) is 8.53. The van der Waals surface area contributed by atoms with Crippen LogP contribution in [0.3, 0.4) is 0 Å². The highest BCUT2D eigenvalue weighted by atomic mass is 16.7. The molecular weight excluding hydrogens is 488 g/mol. The van der Waals surface area contributed by atoms with Crippen LogP contribution in [-0.4, -0.2) is 119 Å². The van der Waals surface area contributed by atoms with E-state index in [1.54, 1.807) is 20.8 Å². The number of aliphatic hydroxyl groups is 9. The molecule has 0 radical (unpaired) electrons. The Morgan fingerprint density at radius 1 is 0.946 bits per heavy atom. The molecule has 11 heteroatoms. The summed E-state index contributed by atoms with van der Waals surface area (Å²) in [6, 6.07) is 0. The van der Waals surface area contributed by atoms with Crippen LogP contribution in [0.5, 0.6) is 0 Å². The molecule has 1 heterocycles. The van der Waals surface area contributed by atoms with Crippen LogP contribution in [-0.2, 0) is 9.47 Å². The van der Waals surface area contributed by atoms with Crippen molar-refractivity contribution < 1.29 is 55.4 Å². The molecule has 5 rings (SSSR count). The monoisotopic (exact) mass is 530 g/mol. The Kier molecular flexibility index (Phi) is 6.51. The summed E-state index contributed by atoms with van der Waals surface area (Å²) in [5.74, 6) is -1.81. The predicted molar refractivity (Wildman–Crippen MR) is 127 cm³/mol. The zero-order valence-corrected chi connectivity index (χ0v) is 21.5. The molecule has 2 bridgehead atoms. The van der Waals surface area contributed by atoms with Crippen molar-refractivity contribution in [1.29, 1.82) is 0 Å². The fourth-order valence-electron chi connectivity index (χ4n) is 8.90. The third kappa shape index (κ3) is 3.46. The lowest BCUT2D eigenvalue weighted by Crippen LogP contribution is -2.61. The average molecular weight is 531 g/mol. The summed E-state index contributed by atoms with van der Waals surface area (Å²) in [7, 11) is 0. The van der Waals surface area contributed by atoms with Crippen LogP contribution in [0.2, 0.25) is 0 Å². The summed E-state index contributed by atoms with van der Waals surface area (Å²) < 4.78 is 11.5. The maximum absolute atomic E-state index is 12.2. The summed E-state index contributed by atoms with van der Waals surface area (Å²) in [4.78, 5) is 0. The first-order valence-corrected chi connectivity index (χ1v) is 13.2. The lowest BCUT2D eigenvalue weighted by molar-refractivity contribution is -0.325. The number of hydrogen-bond donors (Lipinski definition) is 9. The second kappa shape index (κ2) is 8.65. The van der Waals surface area contributed by atoms with Gasteiger partial charge in [-0.05, 0) is 38.5 Å². The number of aliphatic hydroxyl groups excluding tert-OH is 7. The van der Waals surface area contributed by atoms with Gasteiger partial charge in [-0.2, -0.15) is 0 Å². The normalized spacial score (nSPS) is 59.1. The summed E-state index contributed by atoms with van der Waals surface area (Å²) in [6.07, 6.45) is -11.4. The molecule has 5 aliphatic rings. The highest BCUT2D eigenvalue weighted by Crippen LogP contribution is 2.69. The van der Waals surface area contributed by atoms with Crippen LogP contribution in [0, 0.1) is 28.6 Å². The zero-order chi connectivity index (χ0) is 27.5. The van der Waals surface area contributed by atoms with E-state index in [9.17, 15) is 46.0 Å². The minimum Gasteiger partial charge on any atom is -0.394 e.